The Kier molecular flexibility index (Phi) is 5.43. The lowest BCUT2D eigenvalue weighted by molar-refractivity contribution is -0.115. The minimum atomic E-state index is -0.460. The van der Waals surface area contributed by atoms with Crippen LogP contribution in [0, 0.1) is 6.92 Å². The van der Waals surface area contributed by atoms with E-state index in [0.717, 1.165) is 16.9 Å². The Labute approximate surface area is 132 Å². The van der Waals surface area contributed by atoms with Crippen molar-refractivity contribution in [3.63, 3.8) is 0 Å². The van der Waals surface area contributed by atoms with E-state index in [1.54, 1.807) is 6.92 Å². The van der Waals surface area contributed by atoms with Crippen LogP contribution in [0.1, 0.15) is 20.9 Å². The number of benzene rings is 1. The van der Waals surface area contributed by atoms with Crippen LogP contribution in [0.2, 0.25) is 0 Å². The van der Waals surface area contributed by atoms with Crippen LogP contribution in [-0.4, -0.2) is 23.5 Å². The van der Waals surface area contributed by atoms with E-state index in [2.05, 4.69) is 16.9 Å². The van der Waals surface area contributed by atoms with Crippen molar-refractivity contribution in [2.24, 2.45) is 0 Å². The number of esters is 1. The van der Waals surface area contributed by atoms with E-state index in [4.69, 9.17) is 4.74 Å². The first-order valence-corrected chi connectivity index (χ1v) is 7.51. The number of ether oxygens (including phenoxy) is 1. The number of hydrogen-bond donors (Lipinski definition) is 1. The summed E-state index contributed by atoms with van der Waals surface area (Å²) >= 11 is 1.11. The van der Waals surface area contributed by atoms with Crippen LogP contribution < -0.4 is 5.32 Å². The second kappa shape index (κ2) is 7.51. The highest BCUT2D eigenvalue weighted by atomic mass is 32.1. The topological polar surface area (TPSA) is 68.3 Å². The molecule has 1 N–H and O–H groups in total. The summed E-state index contributed by atoms with van der Waals surface area (Å²) in [5.41, 5.74) is 1.45. The molecule has 114 valence electrons. The second-order valence-corrected chi connectivity index (χ2v) is 5.53. The lowest BCUT2D eigenvalue weighted by Crippen LogP contribution is -2.14. The maximum atomic E-state index is 12.0. The van der Waals surface area contributed by atoms with Gasteiger partial charge in [-0.05, 0) is 12.5 Å². The number of rotatable bonds is 6. The molecule has 0 spiro atoms. The van der Waals surface area contributed by atoms with E-state index in [0.29, 0.717) is 15.7 Å². The predicted molar refractivity (Wildman–Crippen MR) is 86.1 cm³/mol. The van der Waals surface area contributed by atoms with Crippen LogP contribution in [0.4, 0.5) is 5.13 Å². The average molecular weight is 316 g/mol. The zero-order valence-corrected chi connectivity index (χ0v) is 13.0. The zero-order chi connectivity index (χ0) is 15.9. The number of aromatic nitrogens is 1. The first-order chi connectivity index (χ1) is 10.6. The number of carbonyl (C=O) groups excluding carboxylic acids is 2. The Morgan fingerprint density at radius 3 is 2.77 bits per heavy atom. The van der Waals surface area contributed by atoms with E-state index in [1.807, 2.05) is 30.3 Å². The van der Waals surface area contributed by atoms with Gasteiger partial charge in [0.05, 0.1) is 12.1 Å². The van der Waals surface area contributed by atoms with Crippen molar-refractivity contribution in [2.75, 3.05) is 11.9 Å². The molecule has 0 aliphatic heterocycles. The van der Waals surface area contributed by atoms with Crippen molar-refractivity contribution in [3.8, 4) is 0 Å². The molecular weight excluding hydrogens is 300 g/mol. The van der Waals surface area contributed by atoms with Gasteiger partial charge in [0, 0.05) is 0 Å². The molecule has 6 heteroatoms. The summed E-state index contributed by atoms with van der Waals surface area (Å²) in [5.74, 6) is -0.635. The molecule has 1 heterocycles. The fraction of sp³-hybridized carbons (Fsp3) is 0.188. The molecule has 0 aliphatic carbocycles. The average Bonchev–Trinajstić information content (AvgIpc) is 2.86. The Morgan fingerprint density at radius 1 is 1.36 bits per heavy atom. The fourth-order valence-electron chi connectivity index (χ4n) is 1.78. The molecule has 1 amide bonds. The molecule has 0 atom stereocenters. The molecule has 0 radical (unpaired) electrons. The van der Waals surface area contributed by atoms with Crippen molar-refractivity contribution in [1.29, 1.82) is 0 Å². The van der Waals surface area contributed by atoms with Crippen molar-refractivity contribution >= 4 is 28.3 Å². The number of thiazole rings is 1. The molecule has 0 fully saturated rings. The first kappa shape index (κ1) is 15.9. The number of amides is 1. The molecule has 0 bridgehead atoms. The van der Waals surface area contributed by atoms with Crippen LogP contribution >= 0.6 is 11.3 Å². The molecule has 0 saturated carbocycles. The Morgan fingerprint density at radius 2 is 2.09 bits per heavy atom. The van der Waals surface area contributed by atoms with E-state index >= 15 is 0 Å². The molecule has 1 aromatic carbocycles. The van der Waals surface area contributed by atoms with Gasteiger partial charge in [0.15, 0.2) is 5.13 Å². The van der Waals surface area contributed by atoms with E-state index in [-0.39, 0.29) is 18.9 Å². The second-order valence-electron chi connectivity index (χ2n) is 4.53. The maximum absolute atomic E-state index is 12.0. The molecule has 0 unspecified atom stereocenters. The van der Waals surface area contributed by atoms with Crippen molar-refractivity contribution in [1.82, 2.24) is 4.98 Å². The zero-order valence-electron chi connectivity index (χ0n) is 12.2. The summed E-state index contributed by atoms with van der Waals surface area (Å²) in [5, 5.41) is 3.10. The molecule has 1 aromatic heterocycles. The normalized spacial score (nSPS) is 10.0. The van der Waals surface area contributed by atoms with Gasteiger partial charge in [-0.2, -0.15) is 0 Å². The molecule has 0 aliphatic rings. The maximum Gasteiger partial charge on any atom is 0.350 e. The van der Waals surface area contributed by atoms with Gasteiger partial charge >= 0.3 is 5.97 Å². The summed E-state index contributed by atoms with van der Waals surface area (Å²) in [6.45, 7) is 5.33. The molecular formula is C16H16N2O3S. The van der Waals surface area contributed by atoms with Crippen LogP contribution in [-0.2, 0) is 16.0 Å². The number of aryl methyl sites for hydroxylation is 1. The first-order valence-electron chi connectivity index (χ1n) is 6.69. The number of hydrogen-bond acceptors (Lipinski definition) is 5. The van der Waals surface area contributed by atoms with Crippen molar-refractivity contribution in [2.45, 2.75) is 13.3 Å². The van der Waals surface area contributed by atoms with Crippen molar-refractivity contribution in [3.05, 3.63) is 59.1 Å². The third-order valence-corrected chi connectivity index (χ3v) is 3.82. The number of nitrogens with one attached hydrogen (secondary N) is 1. The number of anilines is 1. The Hall–Kier alpha value is -2.47. The summed E-state index contributed by atoms with van der Waals surface area (Å²) in [7, 11) is 0. The molecule has 2 aromatic rings. The number of carbonyl (C=O) groups is 2. The monoisotopic (exact) mass is 316 g/mol. The standard InChI is InChI=1S/C16H16N2O3S/c1-3-9-21-15(20)14-11(2)17-16(22-14)18-13(19)10-12-7-5-4-6-8-12/h3-8H,1,9-10H2,2H3,(H,17,18,19). The van der Waals surface area contributed by atoms with Gasteiger partial charge in [-0.15, -0.1) is 0 Å². The highest BCUT2D eigenvalue weighted by molar-refractivity contribution is 7.17. The highest BCUT2D eigenvalue weighted by Crippen LogP contribution is 2.23. The van der Waals surface area contributed by atoms with Gasteiger partial charge in [-0.1, -0.05) is 54.3 Å². The largest absolute Gasteiger partial charge is 0.457 e. The fourth-order valence-corrected chi connectivity index (χ4v) is 2.66. The van der Waals surface area contributed by atoms with Gasteiger partial charge in [-0.25, -0.2) is 9.78 Å². The number of nitrogens with zero attached hydrogens (tertiary/aromatic N) is 1. The predicted octanol–water partition coefficient (Wildman–Crippen LogP) is 2.98. The molecule has 0 saturated heterocycles. The summed E-state index contributed by atoms with van der Waals surface area (Å²) in [6.07, 6.45) is 1.76. The molecule has 22 heavy (non-hydrogen) atoms. The van der Waals surface area contributed by atoms with Gasteiger partial charge in [0.25, 0.3) is 0 Å². The van der Waals surface area contributed by atoms with Crippen LogP contribution in [0.15, 0.2) is 43.0 Å². The van der Waals surface area contributed by atoms with E-state index < -0.39 is 5.97 Å². The van der Waals surface area contributed by atoms with Gasteiger partial charge in [0.2, 0.25) is 5.91 Å². The SMILES string of the molecule is C=CCOC(=O)c1sc(NC(=O)Cc2ccccc2)nc1C. The van der Waals surface area contributed by atoms with Crippen LogP contribution in [0.3, 0.4) is 0 Å². The van der Waals surface area contributed by atoms with E-state index in [1.165, 1.54) is 6.08 Å². The van der Waals surface area contributed by atoms with Crippen molar-refractivity contribution < 1.29 is 14.3 Å². The quantitative estimate of drug-likeness (QED) is 0.657. The van der Waals surface area contributed by atoms with Crippen LogP contribution in [0.5, 0.6) is 0 Å². The van der Waals surface area contributed by atoms with Gasteiger partial charge < -0.3 is 10.1 Å². The Balaban J connectivity index is 2.00. The van der Waals surface area contributed by atoms with Gasteiger partial charge in [0.1, 0.15) is 11.5 Å². The molecule has 2 rings (SSSR count). The lowest BCUT2D eigenvalue weighted by Gasteiger charge is -2.01. The smallest absolute Gasteiger partial charge is 0.350 e. The van der Waals surface area contributed by atoms with Gasteiger partial charge in [-0.3, -0.25) is 4.79 Å². The summed E-state index contributed by atoms with van der Waals surface area (Å²) in [4.78, 5) is 28.3. The highest BCUT2D eigenvalue weighted by Gasteiger charge is 2.17. The third kappa shape index (κ3) is 4.26. The van der Waals surface area contributed by atoms with E-state index in [9.17, 15) is 9.59 Å². The minimum Gasteiger partial charge on any atom is -0.457 e. The lowest BCUT2D eigenvalue weighted by atomic mass is 10.1. The minimum absolute atomic E-state index is 0.145. The Bertz CT molecular complexity index is 680. The summed E-state index contributed by atoms with van der Waals surface area (Å²) in [6, 6.07) is 9.41. The molecule has 5 nitrogen and oxygen atoms in total. The third-order valence-electron chi connectivity index (χ3n) is 2.77. The van der Waals surface area contributed by atoms with Crippen LogP contribution in [0.25, 0.3) is 0 Å². The summed E-state index contributed by atoms with van der Waals surface area (Å²) < 4.78 is 4.97.